The number of halogens is 3. The molecule has 11 heteroatoms. The van der Waals surface area contributed by atoms with Crippen LogP contribution in [0.2, 0.25) is 0 Å². The number of pyridine rings is 2. The number of aromatic nitrogens is 2. The van der Waals surface area contributed by atoms with Gasteiger partial charge in [0.25, 0.3) is 10.0 Å². The first kappa shape index (κ1) is 21.4. The maximum atomic E-state index is 14.2. The van der Waals surface area contributed by atoms with Gasteiger partial charge in [-0.2, -0.15) is 21.6 Å². The van der Waals surface area contributed by atoms with Crippen molar-refractivity contribution in [2.24, 2.45) is 0 Å². The van der Waals surface area contributed by atoms with Gasteiger partial charge in [0.15, 0.2) is 5.03 Å². The number of nitrogens with one attached hydrogen (secondary N) is 1. The molecule has 1 aromatic carbocycles. The summed E-state index contributed by atoms with van der Waals surface area (Å²) in [4.78, 5) is 20.9. The maximum absolute atomic E-state index is 14.2. The smallest absolute Gasteiger partial charge is 0.357 e. The Kier molecular flexibility index (Phi) is 6.65. The Morgan fingerprint density at radius 2 is 1.87 bits per heavy atom. The van der Waals surface area contributed by atoms with Crippen molar-refractivity contribution in [3.8, 4) is 11.3 Å². The summed E-state index contributed by atoms with van der Waals surface area (Å²) in [5.74, 6) is -0.916. The van der Waals surface area contributed by atoms with Crippen molar-refractivity contribution in [3.63, 3.8) is 0 Å². The summed E-state index contributed by atoms with van der Waals surface area (Å²) in [7, 11) is -4.60. The van der Waals surface area contributed by atoms with E-state index in [-0.39, 0.29) is 55.8 Å². The first-order valence-corrected chi connectivity index (χ1v) is 13.7. The van der Waals surface area contributed by atoms with E-state index in [0.29, 0.717) is 6.07 Å². The van der Waals surface area contributed by atoms with Crippen LogP contribution in [0.3, 0.4) is 0 Å². The summed E-state index contributed by atoms with van der Waals surface area (Å²) in [6.07, 6.45) is -11.0. The standard InChI is InChI=1S/C28H31F3N4O3S/c1-20(36)10-9-19-35-18-7-3-2-4-11-21-12-5-6-13-22(21)27-23(28(29,30)31)16-17-24(32-27)34-39(37,38)26-15-8-14-25(35)33-26/h5-6,8,12-17H,2-4,7,9-11,18-19H2,1H3,(H,32,34)/i4D2,11D2,19D2. The Morgan fingerprint density at radius 3 is 2.64 bits per heavy atom. The number of aryl methyl sites for hydroxylation is 1. The molecule has 0 unspecified atom stereocenters. The van der Waals surface area contributed by atoms with Gasteiger partial charge in [0, 0.05) is 33.3 Å². The molecular weight excluding hydrogens is 529 g/mol. The number of carbonyl (C=O) groups excluding carboxylic acids is 1. The highest BCUT2D eigenvalue weighted by Crippen LogP contribution is 2.38. The largest absolute Gasteiger partial charge is 0.418 e. The zero-order valence-corrected chi connectivity index (χ0v) is 21.9. The Labute approximate surface area is 235 Å². The molecule has 1 aliphatic heterocycles. The molecule has 0 saturated carbocycles. The van der Waals surface area contributed by atoms with Crippen molar-refractivity contribution in [2.75, 3.05) is 22.7 Å². The average molecular weight is 567 g/mol. The molecule has 3 aromatic rings. The monoisotopic (exact) mass is 566 g/mol. The minimum Gasteiger partial charge on any atom is -0.357 e. The fourth-order valence-electron chi connectivity index (χ4n) is 3.93. The second-order valence-corrected chi connectivity index (χ2v) is 10.5. The quantitative estimate of drug-likeness (QED) is 0.401. The van der Waals surface area contributed by atoms with Gasteiger partial charge in [-0.3, -0.25) is 4.72 Å². The van der Waals surface area contributed by atoms with Gasteiger partial charge in [0.05, 0.1) is 11.3 Å². The normalized spacial score (nSPS) is 21.3. The molecule has 4 rings (SSSR count). The number of nitrogens with zero attached hydrogens (tertiary/aromatic N) is 3. The van der Waals surface area contributed by atoms with E-state index in [2.05, 4.69) is 14.7 Å². The first-order chi connectivity index (χ1) is 20.8. The second kappa shape index (κ2) is 12.1. The molecule has 2 aromatic heterocycles. The van der Waals surface area contributed by atoms with Crippen LogP contribution in [0, 0.1) is 0 Å². The molecule has 4 bridgehead atoms. The second-order valence-electron chi connectivity index (χ2n) is 8.85. The summed E-state index contributed by atoms with van der Waals surface area (Å²) >= 11 is 0. The fraction of sp³-hybridized carbons (Fsp3) is 0.393. The van der Waals surface area contributed by atoms with E-state index in [0.717, 1.165) is 12.1 Å². The first-order valence-electron chi connectivity index (χ1n) is 15.2. The van der Waals surface area contributed by atoms with Crippen molar-refractivity contribution >= 4 is 27.4 Å². The van der Waals surface area contributed by atoms with Gasteiger partial charge in [-0.25, -0.2) is 9.97 Å². The van der Waals surface area contributed by atoms with E-state index in [9.17, 15) is 26.4 Å². The van der Waals surface area contributed by atoms with Crippen LogP contribution < -0.4 is 9.62 Å². The predicted molar refractivity (Wildman–Crippen MR) is 144 cm³/mol. The summed E-state index contributed by atoms with van der Waals surface area (Å²) < 4.78 is 124. The zero-order valence-electron chi connectivity index (χ0n) is 27.0. The highest BCUT2D eigenvalue weighted by Gasteiger charge is 2.35. The molecule has 208 valence electrons. The molecule has 0 amide bonds. The Morgan fingerprint density at radius 1 is 1.08 bits per heavy atom. The lowest BCUT2D eigenvalue weighted by atomic mass is 9.96. The topological polar surface area (TPSA) is 92.3 Å². The lowest BCUT2D eigenvalue weighted by Crippen LogP contribution is -2.28. The van der Waals surface area contributed by atoms with Crippen LogP contribution in [0.4, 0.5) is 24.8 Å². The molecule has 0 aliphatic carbocycles. The van der Waals surface area contributed by atoms with Crippen LogP contribution in [0.25, 0.3) is 11.3 Å². The van der Waals surface area contributed by atoms with E-state index in [1.54, 1.807) is 0 Å². The minimum absolute atomic E-state index is 0.0229. The maximum Gasteiger partial charge on any atom is 0.418 e. The van der Waals surface area contributed by atoms with Gasteiger partial charge >= 0.3 is 6.18 Å². The van der Waals surface area contributed by atoms with Crippen molar-refractivity contribution in [1.82, 2.24) is 9.97 Å². The van der Waals surface area contributed by atoms with Gasteiger partial charge in [-0.1, -0.05) is 43.2 Å². The number of hydrogen-bond acceptors (Lipinski definition) is 6. The average Bonchev–Trinajstić information content (AvgIpc) is 2.94. The Hall–Kier alpha value is -3.47. The number of anilines is 2. The number of Topliss-reactive ketones (excluding diaryl/α,β-unsaturated/α-hetero) is 1. The van der Waals surface area contributed by atoms with E-state index >= 15 is 0 Å². The van der Waals surface area contributed by atoms with Gasteiger partial charge < -0.3 is 9.69 Å². The highest BCUT2D eigenvalue weighted by molar-refractivity contribution is 7.92. The molecule has 0 radical (unpaired) electrons. The number of carbonyl (C=O) groups is 1. The Balaban J connectivity index is 1.93. The van der Waals surface area contributed by atoms with Gasteiger partial charge in [0.2, 0.25) is 0 Å². The lowest BCUT2D eigenvalue weighted by molar-refractivity contribution is -0.137. The third-order valence-electron chi connectivity index (χ3n) is 5.82. The van der Waals surface area contributed by atoms with E-state index < -0.39 is 63.1 Å². The number of hydrogen-bond donors (Lipinski definition) is 1. The number of benzene rings is 1. The predicted octanol–water partition coefficient (Wildman–Crippen LogP) is 6.26. The molecular formula is C28H31F3N4O3S. The van der Waals surface area contributed by atoms with Crippen molar-refractivity contribution in [3.05, 3.63) is 65.7 Å². The summed E-state index contributed by atoms with van der Waals surface area (Å²) in [6.45, 7) is -0.978. The van der Waals surface area contributed by atoms with Crippen LogP contribution in [0.15, 0.2) is 59.6 Å². The molecule has 0 saturated heterocycles. The molecule has 39 heavy (non-hydrogen) atoms. The molecule has 3 heterocycles. The number of sulfonamides is 1. The third-order valence-corrected chi connectivity index (χ3v) is 7.07. The number of fused-ring (bicyclic) bond motifs is 6. The van der Waals surface area contributed by atoms with Crippen molar-refractivity contribution < 1.29 is 34.6 Å². The molecule has 1 N–H and O–H groups in total. The fourth-order valence-corrected chi connectivity index (χ4v) is 4.89. The van der Waals surface area contributed by atoms with Crippen LogP contribution in [0.1, 0.15) is 64.8 Å². The molecule has 0 spiro atoms. The molecule has 7 nitrogen and oxygen atoms in total. The minimum atomic E-state index is -4.97. The molecule has 0 fully saturated rings. The number of alkyl halides is 3. The Bertz CT molecular complexity index is 1690. The third kappa shape index (κ3) is 7.35. The summed E-state index contributed by atoms with van der Waals surface area (Å²) in [5.41, 5.74) is -2.86. The van der Waals surface area contributed by atoms with Crippen molar-refractivity contribution in [2.45, 2.75) is 63.0 Å². The zero-order chi connectivity index (χ0) is 33.4. The molecule has 0 atom stereocenters. The van der Waals surface area contributed by atoms with E-state index in [1.807, 2.05) is 0 Å². The van der Waals surface area contributed by atoms with Crippen LogP contribution in [0.5, 0.6) is 0 Å². The van der Waals surface area contributed by atoms with Gasteiger partial charge in [0.1, 0.15) is 17.4 Å². The highest BCUT2D eigenvalue weighted by atomic mass is 32.2. The van der Waals surface area contributed by atoms with Gasteiger partial charge in [-0.05, 0) is 62.3 Å². The lowest BCUT2D eigenvalue weighted by Gasteiger charge is -2.24. The van der Waals surface area contributed by atoms with E-state index in [4.69, 9.17) is 8.22 Å². The van der Waals surface area contributed by atoms with Crippen LogP contribution >= 0.6 is 0 Å². The summed E-state index contributed by atoms with van der Waals surface area (Å²) in [6, 6.07) is 10.2. The summed E-state index contributed by atoms with van der Waals surface area (Å²) in [5, 5.41) is -0.576. The SMILES string of the molecule is [2H]C([2H])(CCC(C)=O)N1CCCCC([2H])([2H])C([2H])([2H])c2ccccc2-c2nc(ccc2C(F)(F)F)NS(=O)(=O)c2cccc1n2. The van der Waals surface area contributed by atoms with E-state index in [1.165, 1.54) is 48.2 Å². The number of ketones is 1. The number of rotatable bonds is 4. The van der Waals surface area contributed by atoms with Crippen LogP contribution in [-0.4, -0.2) is 37.2 Å². The van der Waals surface area contributed by atoms with Gasteiger partial charge in [-0.15, -0.1) is 0 Å². The van der Waals surface area contributed by atoms with Crippen LogP contribution in [-0.2, 0) is 27.4 Å². The van der Waals surface area contributed by atoms with Crippen molar-refractivity contribution in [1.29, 1.82) is 0 Å². The molecule has 1 aliphatic rings.